The number of nitro benzene ring substituents is 1. The van der Waals surface area contributed by atoms with Crippen LogP contribution in [-0.4, -0.2) is 11.5 Å². The Morgan fingerprint density at radius 3 is 2.50 bits per heavy atom. The van der Waals surface area contributed by atoms with Gasteiger partial charge >= 0.3 is 0 Å². The van der Waals surface area contributed by atoms with Crippen molar-refractivity contribution in [3.05, 3.63) is 75.6 Å². The van der Waals surface area contributed by atoms with E-state index in [1.165, 1.54) is 18.2 Å². The van der Waals surface area contributed by atoms with E-state index < -0.39 is 4.92 Å². The van der Waals surface area contributed by atoms with Gasteiger partial charge in [-0.1, -0.05) is 12.1 Å². The number of nitrogens with zero attached hydrogens (tertiary/aromatic N) is 1. The van der Waals surface area contributed by atoms with E-state index in [9.17, 15) is 14.5 Å². The fourth-order valence-electron chi connectivity index (χ4n) is 1.98. The summed E-state index contributed by atoms with van der Waals surface area (Å²) in [7, 11) is 0. The molecule has 0 spiro atoms. The molecule has 2 aromatic rings. The van der Waals surface area contributed by atoms with Crippen LogP contribution in [0.15, 0.2) is 48.5 Å². The standard InChI is InChI=1S/C15H15FN2O2/c16-14-3-1-2-12(10-14)8-9-17-11-13-4-6-15(7-5-13)18(19)20/h1-7,10,17H,8-9,11H2/p+1. The van der Waals surface area contributed by atoms with Crippen molar-refractivity contribution in [3.63, 3.8) is 0 Å². The first-order chi connectivity index (χ1) is 9.65. The average Bonchev–Trinajstić information content (AvgIpc) is 2.44. The second-order valence-corrected chi connectivity index (χ2v) is 4.58. The molecule has 4 nitrogen and oxygen atoms in total. The predicted octanol–water partition coefficient (Wildman–Crippen LogP) is 2.04. The van der Waals surface area contributed by atoms with E-state index >= 15 is 0 Å². The number of nitrogens with two attached hydrogens (primary N) is 1. The highest BCUT2D eigenvalue weighted by atomic mass is 19.1. The zero-order valence-electron chi connectivity index (χ0n) is 11.0. The van der Waals surface area contributed by atoms with E-state index in [1.54, 1.807) is 24.3 Å². The maximum absolute atomic E-state index is 13.0. The normalized spacial score (nSPS) is 10.4. The number of halogens is 1. The van der Waals surface area contributed by atoms with Crippen molar-refractivity contribution < 1.29 is 14.6 Å². The molecule has 0 aromatic heterocycles. The van der Waals surface area contributed by atoms with Gasteiger partial charge in [-0.05, 0) is 29.8 Å². The lowest BCUT2D eigenvalue weighted by atomic mass is 10.1. The Hall–Kier alpha value is -2.27. The van der Waals surface area contributed by atoms with Crippen LogP contribution in [0.3, 0.4) is 0 Å². The highest BCUT2D eigenvalue weighted by molar-refractivity contribution is 5.32. The van der Waals surface area contributed by atoms with Crippen molar-refractivity contribution in [3.8, 4) is 0 Å². The highest BCUT2D eigenvalue weighted by Gasteiger charge is 2.04. The molecule has 104 valence electrons. The molecule has 20 heavy (non-hydrogen) atoms. The van der Waals surface area contributed by atoms with E-state index in [-0.39, 0.29) is 11.5 Å². The molecule has 0 bridgehead atoms. The zero-order valence-corrected chi connectivity index (χ0v) is 11.0. The molecule has 0 saturated carbocycles. The van der Waals surface area contributed by atoms with E-state index in [4.69, 9.17) is 0 Å². The van der Waals surface area contributed by atoms with Crippen LogP contribution in [-0.2, 0) is 13.0 Å². The number of quaternary nitrogens is 1. The Bertz CT molecular complexity index is 585. The van der Waals surface area contributed by atoms with Gasteiger partial charge in [0.25, 0.3) is 5.69 Å². The van der Waals surface area contributed by atoms with Crippen LogP contribution < -0.4 is 5.32 Å². The van der Waals surface area contributed by atoms with Crippen LogP contribution in [0.4, 0.5) is 10.1 Å². The molecule has 0 fully saturated rings. The van der Waals surface area contributed by atoms with Gasteiger partial charge in [0.15, 0.2) is 0 Å². The first kappa shape index (κ1) is 14.1. The van der Waals surface area contributed by atoms with E-state index in [0.29, 0.717) is 0 Å². The first-order valence-corrected chi connectivity index (χ1v) is 6.44. The molecule has 2 rings (SSSR count). The van der Waals surface area contributed by atoms with Gasteiger partial charge in [-0.3, -0.25) is 10.1 Å². The summed E-state index contributed by atoms with van der Waals surface area (Å²) in [5.41, 5.74) is 2.12. The lowest BCUT2D eigenvalue weighted by molar-refractivity contribution is -0.670. The van der Waals surface area contributed by atoms with Crippen LogP contribution in [0.1, 0.15) is 11.1 Å². The van der Waals surface area contributed by atoms with Crippen molar-refractivity contribution >= 4 is 5.69 Å². The van der Waals surface area contributed by atoms with Crippen molar-refractivity contribution in [2.45, 2.75) is 13.0 Å². The summed E-state index contributed by atoms with van der Waals surface area (Å²) in [5.74, 6) is -0.210. The number of hydrogen-bond donors (Lipinski definition) is 1. The second kappa shape index (κ2) is 6.77. The minimum Gasteiger partial charge on any atom is -0.342 e. The van der Waals surface area contributed by atoms with Gasteiger partial charge in [0.05, 0.1) is 11.5 Å². The summed E-state index contributed by atoms with van der Waals surface area (Å²) in [6, 6.07) is 13.1. The van der Waals surface area contributed by atoms with Crippen molar-refractivity contribution in [2.75, 3.05) is 6.54 Å². The third kappa shape index (κ3) is 4.13. The maximum atomic E-state index is 13.0. The molecule has 0 amide bonds. The molecule has 2 aromatic carbocycles. The predicted molar refractivity (Wildman–Crippen MR) is 73.7 cm³/mol. The summed E-state index contributed by atoms with van der Waals surface area (Å²) >= 11 is 0. The van der Waals surface area contributed by atoms with Crippen LogP contribution >= 0.6 is 0 Å². The summed E-state index contributed by atoms with van der Waals surface area (Å²) < 4.78 is 13.0. The number of hydrogen-bond acceptors (Lipinski definition) is 2. The lowest BCUT2D eigenvalue weighted by Gasteiger charge is -2.03. The molecule has 5 heteroatoms. The Balaban J connectivity index is 1.77. The Morgan fingerprint density at radius 1 is 1.10 bits per heavy atom. The SMILES string of the molecule is O=[N+]([O-])c1ccc(C[NH2+]CCc2cccc(F)c2)cc1. The minimum absolute atomic E-state index is 0.105. The van der Waals surface area contributed by atoms with Crippen LogP contribution in [0.2, 0.25) is 0 Å². The van der Waals surface area contributed by atoms with Gasteiger partial charge < -0.3 is 5.32 Å². The summed E-state index contributed by atoms with van der Waals surface area (Å²) in [6.45, 7) is 1.60. The largest absolute Gasteiger partial charge is 0.342 e. The maximum Gasteiger partial charge on any atom is 0.269 e. The summed E-state index contributed by atoms with van der Waals surface area (Å²) in [5, 5.41) is 12.6. The minimum atomic E-state index is -0.405. The van der Waals surface area contributed by atoms with Gasteiger partial charge in [0, 0.05) is 24.1 Å². The van der Waals surface area contributed by atoms with Crippen LogP contribution in [0, 0.1) is 15.9 Å². The fourth-order valence-corrected chi connectivity index (χ4v) is 1.98. The quantitative estimate of drug-likeness (QED) is 0.498. The molecule has 0 unspecified atom stereocenters. The topological polar surface area (TPSA) is 59.8 Å². The molecule has 0 aliphatic carbocycles. The second-order valence-electron chi connectivity index (χ2n) is 4.58. The molecule has 0 aliphatic rings. The summed E-state index contributed by atoms with van der Waals surface area (Å²) in [4.78, 5) is 10.1. The Labute approximate surface area is 116 Å². The molecular formula is C15H16FN2O2+. The lowest BCUT2D eigenvalue weighted by Crippen LogP contribution is -2.83. The van der Waals surface area contributed by atoms with Gasteiger partial charge in [-0.25, -0.2) is 4.39 Å². The Morgan fingerprint density at radius 2 is 1.85 bits per heavy atom. The smallest absolute Gasteiger partial charge is 0.269 e. The zero-order chi connectivity index (χ0) is 14.4. The van der Waals surface area contributed by atoms with E-state index in [2.05, 4.69) is 5.32 Å². The molecule has 0 heterocycles. The molecule has 0 atom stereocenters. The number of rotatable bonds is 6. The fraction of sp³-hybridized carbons (Fsp3) is 0.200. The van der Waals surface area contributed by atoms with Crippen molar-refractivity contribution in [2.24, 2.45) is 0 Å². The van der Waals surface area contributed by atoms with Crippen LogP contribution in [0.25, 0.3) is 0 Å². The van der Waals surface area contributed by atoms with E-state index in [1.807, 2.05) is 6.07 Å². The molecule has 0 saturated heterocycles. The molecule has 0 radical (unpaired) electrons. The van der Waals surface area contributed by atoms with Crippen molar-refractivity contribution in [1.82, 2.24) is 0 Å². The molecule has 0 aliphatic heterocycles. The highest BCUT2D eigenvalue weighted by Crippen LogP contribution is 2.10. The van der Waals surface area contributed by atoms with Gasteiger partial charge in [0.1, 0.15) is 12.4 Å². The summed E-state index contributed by atoms with van der Waals surface area (Å²) in [6.07, 6.45) is 0.796. The molecular weight excluding hydrogens is 259 g/mol. The van der Waals surface area contributed by atoms with Gasteiger partial charge in [-0.15, -0.1) is 0 Å². The van der Waals surface area contributed by atoms with E-state index in [0.717, 1.165) is 30.6 Å². The number of nitro groups is 1. The average molecular weight is 275 g/mol. The monoisotopic (exact) mass is 275 g/mol. The van der Waals surface area contributed by atoms with Gasteiger partial charge in [-0.2, -0.15) is 0 Å². The van der Waals surface area contributed by atoms with Crippen molar-refractivity contribution in [1.29, 1.82) is 0 Å². The number of non-ortho nitro benzene ring substituents is 1. The van der Waals surface area contributed by atoms with Crippen LogP contribution in [0.5, 0.6) is 0 Å². The third-order valence-corrected chi connectivity index (χ3v) is 3.05. The van der Waals surface area contributed by atoms with Gasteiger partial charge in [0.2, 0.25) is 0 Å². The Kier molecular flexibility index (Phi) is 4.79. The first-order valence-electron chi connectivity index (χ1n) is 6.44. The number of benzene rings is 2. The third-order valence-electron chi connectivity index (χ3n) is 3.05. The molecule has 2 N–H and O–H groups in total.